The first-order valence-electron chi connectivity index (χ1n) is 8.84. The Labute approximate surface area is 167 Å². The van der Waals surface area contributed by atoms with Crippen LogP contribution in [0.2, 0.25) is 0 Å². The van der Waals surface area contributed by atoms with Crippen molar-refractivity contribution in [1.29, 1.82) is 0 Å². The van der Waals surface area contributed by atoms with Crippen LogP contribution in [0.25, 0.3) is 5.78 Å². The van der Waals surface area contributed by atoms with Crippen LogP contribution < -0.4 is 5.32 Å². The molecule has 140 valence electrons. The van der Waals surface area contributed by atoms with Gasteiger partial charge in [0.05, 0.1) is 0 Å². The minimum absolute atomic E-state index is 0.120. The van der Waals surface area contributed by atoms with Crippen molar-refractivity contribution in [2.45, 2.75) is 30.7 Å². The SMILES string of the molecule is Cc1ccc(C(=O)Nc2ccc(Sc3c(C)c(C)nc4ncnn34)cc2)cc1. The van der Waals surface area contributed by atoms with E-state index in [1.165, 1.54) is 6.33 Å². The van der Waals surface area contributed by atoms with E-state index in [2.05, 4.69) is 20.4 Å². The Bertz CT molecular complexity index is 1150. The number of benzene rings is 2. The maximum absolute atomic E-state index is 12.4. The highest BCUT2D eigenvalue weighted by Gasteiger charge is 2.13. The predicted octanol–water partition coefficient (Wildman–Crippen LogP) is 4.45. The smallest absolute Gasteiger partial charge is 0.255 e. The van der Waals surface area contributed by atoms with Crippen LogP contribution in [0.1, 0.15) is 27.2 Å². The maximum Gasteiger partial charge on any atom is 0.255 e. The normalized spacial score (nSPS) is 11.0. The van der Waals surface area contributed by atoms with Gasteiger partial charge in [-0.3, -0.25) is 4.79 Å². The first-order chi connectivity index (χ1) is 13.5. The topological polar surface area (TPSA) is 72.2 Å². The van der Waals surface area contributed by atoms with Gasteiger partial charge in [-0.05, 0) is 57.2 Å². The van der Waals surface area contributed by atoms with Gasteiger partial charge in [0, 0.05) is 27.4 Å². The first kappa shape index (κ1) is 18.2. The van der Waals surface area contributed by atoms with Crippen LogP contribution in [0.4, 0.5) is 5.69 Å². The molecule has 28 heavy (non-hydrogen) atoms. The number of rotatable bonds is 4. The molecule has 0 fully saturated rings. The van der Waals surface area contributed by atoms with Gasteiger partial charge in [0.15, 0.2) is 0 Å². The second kappa shape index (κ2) is 7.44. The number of fused-ring (bicyclic) bond motifs is 1. The molecule has 0 radical (unpaired) electrons. The van der Waals surface area contributed by atoms with Gasteiger partial charge in [-0.1, -0.05) is 29.5 Å². The number of anilines is 1. The lowest BCUT2D eigenvalue weighted by Gasteiger charge is -2.10. The van der Waals surface area contributed by atoms with Crippen LogP contribution in [-0.2, 0) is 0 Å². The Balaban J connectivity index is 1.53. The fourth-order valence-corrected chi connectivity index (χ4v) is 3.76. The molecule has 0 spiro atoms. The Kier molecular flexibility index (Phi) is 4.83. The fourth-order valence-electron chi connectivity index (χ4n) is 2.75. The van der Waals surface area contributed by atoms with Gasteiger partial charge in [-0.25, -0.2) is 4.98 Å². The van der Waals surface area contributed by atoms with E-state index < -0.39 is 0 Å². The summed E-state index contributed by atoms with van der Waals surface area (Å²) in [5.74, 6) is 0.470. The monoisotopic (exact) mass is 389 g/mol. The Morgan fingerprint density at radius 2 is 1.71 bits per heavy atom. The van der Waals surface area contributed by atoms with E-state index >= 15 is 0 Å². The number of aromatic nitrogens is 4. The third-order valence-electron chi connectivity index (χ3n) is 4.49. The van der Waals surface area contributed by atoms with E-state index in [1.807, 2.05) is 69.3 Å². The van der Waals surface area contributed by atoms with Crippen LogP contribution >= 0.6 is 11.8 Å². The molecule has 0 aliphatic heterocycles. The standard InChI is InChI=1S/C21H19N5OS/c1-13-4-6-16(7-5-13)19(27)25-17-8-10-18(11-9-17)28-20-14(2)15(3)24-21-22-12-23-26(20)21/h4-12H,1-3H3,(H,25,27). The van der Waals surface area contributed by atoms with Crippen molar-refractivity contribution in [3.05, 3.63) is 77.2 Å². The molecule has 0 bridgehead atoms. The van der Waals surface area contributed by atoms with Crippen molar-refractivity contribution >= 4 is 29.1 Å². The second-order valence-electron chi connectivity index (χ2n) is 6.55. The molecule has 0 atom stereocenters. The quantitative estimate of drug-likeness (QED) is 0.522. The van der Waals surface area contributed by atoms with Gasteiger partial charge >= 0.3 is 0 Å². The average Bonchev–Trinajstić information content (AvgIpc) is 3.15. The molecule has 6 nitrogen and oxygen atoms in total. The lowest BCUT2D eigenvalue weighted by atomic mass is 10.1. The summed E-state index contributed by atoms with van der Waals surface area (Å²) < 4.78 is 1.75. The van der Waals surface area contributed by atoms with Gasteiger partial charge in [-0.15, -0.1) is 0 Å². The Hall–Kier alpha value is -3.19. The molecular weight excluding hydrogens is 370 g/mol. The number of carbonyl (C=O) groups excluding carboxylic acids is 1. The summed E-state index contributed by atoms with van der Waals surface area (Å²) in [4.78, 5) is 22.0. The molecular formula is C21H19N5OS. The largest absolute Gasteiger partial charge is 0.322 e. The average molecular weight is 389 g/mol. The van der Waals surface area contributed by atoms with Crippen molar-refractivity contribution in [1.82, 2.24) is 19.6 Å². The molecule has 2 aromatic carbocycles. The maximum atomic E-state index is 12.4. The third-order valence-corrected chi connectivity index (χ3v) is 5.67. The highest BCUT2D eigenvalue weighted by atomic mass is 32.2. The zero-order valence-corrected chi connectivity index (χ0v) is 16.6. The minimum Gasteiger partial charge on any atom is -0.322 e. The molecule has 0 saturated carbocycles. The number of nitrogens with one attached hydrogen (secondary N) is 1. The molecule has 7 heteroatoms. The number of aryl methyl sites for hydroxylation is 2. The zero-order valence-electron chi connectivity index (χ0n) is 15.8. The molecule has 4 rings (SSSR count). The molecule has 1 amide bonds. The summed E-state index contributed by atoms with van der Waals surface area (Å²) in [5, 5.41) is 8.19. The molecule has 2 heterocycles. The van der Waals surface area contributed by atoms with E-state index in [9.17, 15) is 4.79 Å². The molecule has 0 saturated heterocycles. The van der Waals surface area contributed by atoms with Gasteiger partial charge in [0.25, 0.3) is 11.7 Å². The summed E-state index contributed by atoms with van der Waals surface area (Å²) >= 11 is 1.60. The van der Waals surface area contributed by atoms with E-state index in [1.54, 1.807) is 16.3 Å². The number of hydrogen-bond donors (Lipinski definition) is 1. The number of nitrogens with zero attached hydrogens (tertiary/aromatic N) is 4. The molecule has 4 aromatic rings. The summed E-state index contributed by atoms with van der Waals surface area (Å²) in [6.45, 7) is 6.00. The van der Waals surface area contributed by atoms with Crippen molar-refractivity contribution in [2.75, 3.05) is 5.32 Å². The highest BCUT2D eigenvalue weighted by Crippen LogP contribution is 2.31. The zero-order chi connectivity index (χ0) is 19.7. The predicted molar refractivity (Wildman–Crippen MR) is 110 cm³/mol. The van der Waals surface area contributed by atoms with Gasteiger partial charge < -0.3 is 5.32 Å². The van der Waals surface area contributed by atoms with Crippen molar-refractivity contribution < 1.29 is 4.79 Å². The lowest BCUT2D eigenvalue weighted by Crippen LogP contribution is -2.11. The summed E-state index contributed by atoms with van der Waals surface area (Å²) in [7, 11) is 0. The van der Waals surface area contributed by atoms with Crippen LogP contribution in [0, 0.1) is 20.8 Å². The van der Waals surface area contributed by atoms with Crippen LogP contribution in [0.3, 0.4) is 0 Å². The van der Waals surface area contributed by atoms with Gasteiger partial charge in [-0.2, -0.15) is 14.6 Å². The van der Waals surface area contributed by atoms with Crippen molar-refractivity contribution in [2.24, 2.45) is 0 Å². The van der Waals surface area contributed by atoms with E-state index in [4.69, 9.17) is 0 Å². The van der Waals surface area contributed by atoms with Gasteiger partial charge in [0.1, 0.15) is 11.4 Å². The molecule has 0 aliphatic rings. The van der Waals surface area contributed by atoms with Crippen LogP contribution in [0.5, 0.6) is 0 Å². The Morgan fingerprint density at radius 3 is 2.43 bits per heavy atom. The van der Waals surface area contributed by atoms with Crippen molar-refractivity contribution in [3.63, 3.8) is 0 Å². The van der Waals surface area contributed by atoms with E-state index in [-0.39, 0.29) is 5.91 Å². The summed E-state index contributed by atoms with van der Waals surface area (Å²) in [6, 6.07) is 15.3. The molecule has 2 aromatic heterocycles. The second-order valence-corrected chi connectivity index (χ2v) is 7.61. The number of hydrogen-bond acceptors (Lipinski definition) is 5. The molecule has 0 aliphatic carbocycles. The fraction of sp³-hybridized carbons (Fsp3) is 0.143. The summed E-state index contributed by atoms with van der Waals surface area (Å²) in [6.07, 6.45) is 1.51. The van der Waals surface area contributed by atoms with Gasteiger partial charge in [0.2, 0.25) is 0 Å². The first-order valence-corrected chi connectivity index (χ1v) is 9.66. The Morgan fingerprint density at radius 1 is 1.00 bits per heavy atom. The van der Waals surface area contributed by atoms with Crippen LogP contribution in [-0.4, -0.2) is 25.5 Å². The van der Waals surface area contributed by atoms with Crippen molar-refractivity contribution in [3.8, 4) is 0 Å². The summed E-state index contributed by atoms with van der Waals surface area (Å²) in [5.41, 5.74) is 4.52. The van der Waals surface area contributed by atoms with Crippen LogP contribution in [0.15, 0.2) is 64.8 Å². The minimum atomic E-state index is -0.120. The highest BCUT2D eigenvalue weighted by molar-refractivity contribution is 7.99. The molecule has 0 unspecified atom stereocenters. The van der Waals surface area contributed by atoms with E-state index in [0.29, 0.717) is 11.3 Å². The van der Waals surface area contributed by atoms with E-state index in [0.717, 1.165) is 32.4 Å². The lowest BCUT2D eigenvalue weighted by molar-refractivity contribution is 0.102. The molecule has 1 N–H and O–H groups in total. The number of carbonyl (C=O) groups is 1. The third kappa shape index (κ3) is 3.61. The number of amides is 1.